The predicted octanol–water partition coefficient (Wildman–Crippen LogP) is 1.40. The smallest absolute Gasteiger partial charge is 0.338 e. The van der Waals surface area contributed by atoms with Gasteiger partial charge in [-0.2, -0.15) is 0 Å². The van der Waals surface area contributed by atoms with Gasteiger partial charge in [-0.25, -0.2) is 4.79 Å². The van der Waals surface area contributed by atoms with E-state index in [1.165, 1.54) is 0 Å². The molecule has 0 aromatic heterocycles. The van der Waals surface area contributed by atoms with Gasteiger partial charge in [-0.05, 0) is 25.1 Å². The quantitative estimate of drug-likeness (QED) is 0.736. The molecular formula is C11H15NO3. The lowest BCUT2D eigenvalue weighted by Gasteiger charge is -2.08. The summed E-state index contributed by atoms with van der Waals surface area (Å²) >= 11 is 0. The van der Waals surface area contributed by atoms with Gasteiger partial charge in [-0.15, -0.1) is 0 Å². The highest BCUT2D eigenvalue weighted by Crippen LogP contribution is 2.17. The van der Waals surface area contributed by atoms with Crippen molar-refractivity contribution in [2.75, 3.05) is 19.0 Å². The SMILES string of the molecule is CCOC(=O)c1ccc(NC)c(CO)c1. The van der Waals surface area contributed by atoms with Gasteiger partial charge < -0.3 is 15.2 Å². The van der Waals surface area contributed by atoms with Crippen molar-refractivity contribution in [3.8, 4) is 0 Å². The molecule has 2 N–H and O–H groups in total. The Morgan fingerprint density at radius 2 is 2.27 bits per heavy atom. The molecule has 0 aliphatic rings. The number of ether oxygens (including phenoxy) is 1. The number of carbonyl (C=O) groups is 1. The van der Waals surface area contributed by atoms with Crippen LogP contribution in [0.2, 0.25) is 0 Å². The van der Waals surface area contributed by atoms with Crippen molar-refractivity contribution >= 4 is 11.7 Å². The van der Waals surface area contributed by atoms with Crippen LogP contribution >= 0.6 is 0 Å². The number of esters is 1. The summed E-state index contributed by atoms with van der Waals surface area (Å²) in [5.41, 5.74) is 1.95. The lowest BCUT2D eigenvalue weighted by molar-refractivity contribution is 0.0526. The number of aliphatic hydroxyl groups excluding tert-OH is 1. The first kappa shape index (κ1) is 11.5. The van der Waals surface area contributed by atoms with E-state index in [2.05, 4.69) is 5.32 Å². The molecule has 0 heterocycles. The number of benzene rings is 1. The minimum atomic E-state index is -0.366. The highest BCUT2D eigenvalue weighted by molar-refractivity contribution is 5.90. The normalized spacial score (nSPS) is 9.80. The minimum Gasteiger partial charge on any atom is -0.462 e. The van der Waals surface area contributed by atoms with Crippen molar-refractivity contribution in [3.05, 3.63) is 29.3 Å². The Morgan fingerprint density at radius 1 is 1.53 bits per heavy atom. The summed E-state index contributed by atoms with van der Waals surface area (Å²) in [6.45, 7) is 2.00. The van der Waals surface area contributed by atoms with Crippen molar-refractivity contribution in [2.45, 2.75) is 13.5 Å². The average Bonchev–Trinajstić information content (AvgIpc) is 2.28. The Morgan fingerprint density at radius 3 is 2.80 bits per heavy atom. The van der Waals surface area contributed by atoms with Gasteiger partial charge in [0.05, 0.1) is 18.8 Å². The number of aliphatic hydroxyl groups is 1. The minimum absolute atomic E-state index is 0.108. The van der Waals surface area contributed by atoms with E-state index in [1.54, 1.807) is 32.2 Å². The van der Waals surface area contributed by atoms with Crippen LogP contribution < -0.4 is 5.32 Å². The molecule has 15 heavy (non-hydrogen) atoms. The van der Waals surface area contributed by atoms with E-state index in [9.17, 15) is 4.79 Å². The molecule has 0 spiro atoms. The zero-order valence-electron chi connectivity index (χ0n) is 8.91. The van der Waals surface area contributed by atoms with Crippen LogP contribution in [0, 0.1) is 0 Å². The molecule has 0 aliphatic heterocycles. The summed E-state index contributed by atoms with van der Waals surface area (Å²) in [6, 6.07) is 5.05. The lowest BCUT2D eigenvalue weighted by atomic mass is 10.1. The highest BCUT2D eigenvalue weighted by atomic mass is 16.5. The molecule has 1 aromatic carbocycles. The van der Waals surface area contributed by atoms with Gasteiger partial charge in [-0.3, -0.25) is 0 Å². The van der Waals surface area contributed by atoms with Gasteiger partial charge in [0.25, 0.3) is 0 Å². The molecule has 0 atom stereocenters. The van der Waals surface area contributed by atoms with Crippen molar-refractivity contribution in [3.63, 3.8) is 0 Å². The molecule has 1 aromatic rings. The van der Waals surface area contributed by atoms with Gasteiger partial charge in [0, 0.05) is 18.3 Å². The third-order valence-electron chi connectivity index (χ3n) is 2.06. The van der Waals surface area contributed by atoms with Crippen LogP contribution in [0.3, 0.4) is 0 Å². The third kappa shape index (κ3) is 2.70. The molecule has 0 aliphatic carbocycles. The molecule has 4 nitrogen and oxygen atoms in total. The Kier molecular flexibility index (Phi) is 4.12. The van der Waals surface area contributed by atoms with E-state index >= 15 is 0 Å². The maximum Gasteiger partial charge on any atom is 0.338 e. The second-order valence-electron chi connectivity index (χ2n) is 3.00. The Labute approximate surface area is 88.9 Å². The van der Waals surface area contributed by atoms with Crippen LogP contribution in [0.25, 0.3) is 0 Å². The van der Waals surface area contributed by atoms with E-state index in [0.29, 0.717) is 17.7 Å². The van der Waals surface area contributed by atoms with E-state index < -0.39 is 0 Å². The van der Waals surface area contributed by atoms with Gasteiger partial charge in [0.1, 0.15) is 0 Å². The average molecular weight is 209 g/mol. The van der Waals surface area contributed by atoms with E-state index in [-0.39, 0.29) is 12.6 Å². The zero-order valence-corrected chi connectivity index (χ0v) is 8.91. The maximum absolute atomic E-state index is 11.4. The van der Waals surface area contributed by atoms with Crippen LogP contribution in [0.15, 0.2) is 18.2 Å². The maximum atomic E-state index is 11.4. The summed E-state index contributed by atoms with van der Waals surface area (Å²) in [5, 5.41) is 12.0. The van der Waals surface area contributed by atoms with Crippen LogP contribution in [-0.2, 0) is 11.3 Å². The number of hydrogen-bond donors (Lipinski definition) is 2. The van der Waals surface area contributed by atoms with Gasteiger partial charge in [0.15, 0.2) is 0 Å². The highest BCUT2D eigenvalue weighted by Gasteiger charge is 2.09. The van der Waals surface area contributed by atoms with Gasteiger partial charge in [-0.1, -0.05) is 0 Å². The second-order valence-corrected chi connectivity index (χ2v) is 3.00. The van der Waals surface area contributed by atoms with E-state index in [4.69, 9.17) is 9.84 Å². The predicted molar refractivity (Wildman–Crippen MR) is 57.9 cm³/mol. The van der Waals surface area contributed by atoms with Gasteiger partial charge >= 0.3 is 5.97 Å². The molecule has 0 saturated heterocycles. The number of rotatable bonds is 4. The molecule has 1 rings (SSSR count). The van der Waals surface area contributed by atoms with Crippen LogP contribution in [-0.4, -0.2) is 24.7 Å². The Hall–Kier alpha value is -1.55. The van der Waals surface area contributed by atoms with Crippen molar-refractivity contribution in [2.24, 2.45) is 0 Å². The number of anilines is 1. The molecule has 0 unspecified atom stereocenters. The van der Waals surface area contributed by atoms with Crippen molar-refractivity contribution < 1.29 is 14.6 Å². The molecule has 4 heteroatoms. The van der Waals surface area contributed by atoms with Crippen molar-refractivity contribution in [1.82, 2.24) is 0 Å². The van der Waals surface area contributed by atoms with Crippen LogP contribution in [0.1, 0.15) is 22.8 Å². The Balaban J connectivity index is 2.97. The first-order chi connectivity index (χ1) is 7.22. The summed E-state index contributed by atoms with van der Waals surface area (Å²) in [7, 11) is 1.76. The van der Waals surface area contributed by atoms with Crippen molar-refractivity contribution in [1.29, 1.82) is 0 Å². The van der Waals surface area contributed by atoms with E-state index in [0.717, 1.165) is 5.69 Å². The molecule has 0 amide bonds. The fourth-order valence-corrected chi connectivity index (χ4v) is 1.31. The number of nitrogens with one attached hydrogen (secondary N) is 1. The number of carbonyl (C=O) groups excluding carboxylic acids is 1. The van der Waals surface area contributed by atoms with Gasteiger partial charge in [0.2, 0.25) is 0 Å². The first-order valence-electron chi connectivity index (χ1n) is 4.81. The second kappa shape index (κ2) is 5.36. The molecule has 0 fully saturated rings. The summed E-state index contributed by atoms with van der Waals surface area (Å²) < 4.78 is 4.86. The van der Waals surface area contributed by atoms with Crippen LogP contribution in [0.5, 0.6) is 0 Å². The molecule has 82 valence electrons. The first-order valence-corrected chi connectivity index (χ1v) is 4.81. The standard InChI is InChI=1S/C11H15NO3/c1-3-15-11(14)8-4-5-10(12-2)9(6-8)7-13/h4-6,12-13H,3,7H2,1-2H3. The molecule has 0 bridgehead atoms. The molecular weight excluding hydrogens is 194 g/mol. The topological polar surface area (TPSA) is 58.6 Å². The zero-order chi connectivity index (χ0) is 11.3. The summed E-state index contributed by atoms with van der Waals surface area (Å²) in [6.07, 6.45) is 0. The number of hydrogen-bond acceptors (Lipinski definition) is 4. The lowest BCUT2D eigenvalue weighted by Crippen LogP contribution is -2.06. The molecule has 0 saturated carbocycles. The monoisotopic (exact) mass is 209 g/mol. The van der Waals surface area contributed by atoms with E-state index in [1.807, 2.05) is 0 Å². The third-order valence-corrected chi connectivity index (χ3v) is 2.06. The summed E-state index contributed by atoms with van der Waals surface area (Å²) in [4.78, 5) is 11.4. The Bertz CT molecular complexity index is 350. The molecule has 0 radical (unpaired) electrons. The summed E-state index contributed by atoms with van der Waals surface area (Å²) in [5.74, 6) is -0.366. The fourth-order valence-electron chi connectivity index (χ4n) is 1.31. The largest absolute Gasteiger partial charge is 0.462 e. The fraction of sp³-hybridized carbons (Fsp3) is 0.364. The van der Waals surface area contributed by atoms with Crippen LogP contribution in [0.4, 0.5) is 5.69 Å².